The van der Waals surface area contributed by atoms with Gasteiger partial charge in [0.15, 0.2) is 0 Å². The van der Waals surface area contributed by atoms with Crippen molar-refractivity contribution in [2.75, 3.05) is 20.1 Å². The van der Waals surface area contributed by atoms with E-state index in [-0.39, 0.29) is 11.9 Å². The SMILES string of the molecule is CNC(=O)C(C)N(CC1CCCN1)C1CC1. The van der Waals surface area contributed by atoms with E-state index in [4.69, 9.17) is 0 Å². The largest absolute Gasteiger partial charge is 0.358 e. The smallest absolute Gasteiger partial charge is 0.236 e. The van der Waals surface area contributed by atoms with E-state index >= 15 is 0 Å². The highest BCUT2D eigenvalue weighted by atomic mass is 16.2. The standard InChI is InChI=1S/C12H23N3O/c1-9(12(16)13-2)15(11-5-6-11)8-10-4-3-7-14-10/h9-11,14H,3-8H2,1-2H3,(H,13,16). The summed E-state index contributed by atoms with van der Waals surface area (Å²) < 4.78 is 0. The van der Waals surface area contributed by atoms with Crippen molar-refractivity contribution in [3.63, 3.8) is 0 Å². The first-order valence-electron chi connectivity index (χ1n) is 6.43. The van der Waals surface area contributed by atoms with E-state index in [1.807, 2.05) is 6.92 Å². The van der Waals surface area contributed by atoms with Gasteiger partial charge in [-0.1, -0.05) is 0 Å². The van der Waals surface area contributed by atoms with Crippen LogP contribution in [0.4, 0.5) is 0 Å². The number of carbonyl (C=O) groups excluding carboxylic acids is 1. The average molecular weight is 225 g/mol. The van der Waals surface area contributed by atoms with Crippen LogP contribution in [0.5, 0.6) is 0 Å². The number of nitrogens with one attached hydrogen (secondary N) is 2. The molecule has 0 aromatic heterocycles. The summed E-state index contributed by atoms with van der Waals surface area (Å²) in [6.45, 7) is 4.18. The van der Waals surface area contributed by atoms with Crippen LogP contribution < -0.4 is 10.6 Å². The Morgan fingerprint density at radius 2 is 2.25 bits per heavy atom. The number of hydrogen-bond donors (Lipinski definition) is 2. The third-order valence-corrected chi connectivity index (χ3v) is 3.73. The second-order valence-electron chi connectivity index (χ2n) is 5.01. The zero-order valence-corrected chi connectivity index (χ0v) is 10.3. The van der Waals surface area contributed by atoms with Gasteiger partial charge in [-0.25, -0.2) is 0 Å². The second-order valence-corrected chi connectivity index (χ2v) is 5.01. The molecule has 1 saturated heterocycles. The molecule has 16 heavy (non-hydrogen) atoms. The lowest BCUT2D eigenvalue weighted by atomic mass is 10.1. The highest BCUT2D eigenvalue weighted by molar-refractivity contribution is 5.81. The molecule has 2 N–H and O–H groups in total. The zero-order chi connectivity index (χ0) is 11.5. The maximum absolute atomic E-state index is 11.7. The van der Waals surface area contributed by atoms with Gasteiger partial charge in [-0.15, -0.1) is 0 Å². The third-order valence-electron chi connectivity index (χ3n) is 3.73. The summed E-state index contributed by atoms with van der Waals surface area (Å²) in [5.41, 5.74) is 0. The molecule has 0 radical (unpaired) electrons. The number of rotatable bonds is 5. The Kier molecular flexibility index (Phi) is 3.82. The van der Waals surface area contributed by atoms with E-state index in [2.05, 4.69) is 15.5 Å². The molecule has 2 aliphatic rings. The van der Waals surface area contributed by atoms with Crippen LogP contribution in [0, 0.1) is 0 Å². The number of hydrogen-bond acceptors (Lipinski definition) is 3. The van der Waals surface area contributed by atoms with Gasteiger partial charge in [-0.3, -0.25) is 9.69 Å². The van der Waals surface area contributed by atoms with Crippen molar-refractivity contribution < 1.29 is 4.79 Å². The molecule has 0 spiro atoms. The normalized spacial score (nSPS) is 27.1. The Morgan fingerprint density at radius 1 is 1.50 bits per heavy atom. The van der Waals surface area contributed by atoms with Crippen molar-refractivity contribution in [3.05, 3.63) is 0 Å². The van der Waals surface area contributed by atoms with Crippen molar-refractivity contribution >= 4 is 5.91 Å². The molecule has 4 heteroatoms. The summed E-state index contributed by atoms with van der Waals surface area (Å²) in [5, 5.41) is 6.26. The molecular formula is C12H23N3O. The van der Waals surface area contributed by atoms with Gasteiger partial charge >= 0.3 is 0 Å². The summed E-state index contributed by atoms with van der Waals surface area (Å²) in [6.07, 6.45) is 5.04. The van der Waals surface area contributed by atoms with Gasteiger partial charge in [0.25, 0.3) is 0 Å². The Morgan fingerprint density at radius 3 is 2.75 bits per heavy atom. The van der Waals surface area contributed by atoms with Gasteiger partial charge < -0.3 is 10.6 Å². The van der Waals surface area contributed by atoms with Crippen LogP contribution in [0.25, 0.3) is 0 Å². The van der Waals surface area contributed by atoms with Gasteiger partial charge in [-0.05, 0) is 39.2 Å². The molecule has 0 aromatic carbocycles. The Hall–Kier alpha value is -0.610. The van der Waals surface area contributed by atoms with Crippen molar-refractivity contribution in [1.82, 2.24) is 15.5 Å². The van der Waals surface area contributed by atoms with Crippen LogP contribution >= 0.6 is 0 Å². The third kappa shape index (κ3) is 2.74. The first kappa shape index (κ1) is 11.9. The monoisotopic (exact) mass is 225 g/mol. The molecule has 1 amide bonds. The van der Waals surface area contributed by atoms with E-state index < -0.39 is 0 Å². The van der Waals surface area contributed by atoms with E-state index in [9.17, 15) is 4.79 Å². The summed E-state index contributed by atoms with van der Waals surface area (Å²) in [7, 11) is 1.72. The molecule has 1 saturated carbocycles. The van der Waals surface area contributed by atoms with E-state index in [1.54, 1.807) is 7.05 Å². The van der Waals surface area contributed by atoms with E-state index in [1.165, 1.54) is 25.7 Å². The number of nitrogens with zero attached hydrogens (tertiary/aromatic N) is 1. The summed E-state index contributed by atoms with van der Waals surface area (Å²) in [4.78, 5) is 14.1. The Labute approximate surface area is 97.8 Å². The van der Waals surface area contributed by atoms with Gasteiger partial charge in [0.1, 0.15) is 0 Å². The second kappa shape index (κ2) is 5.15. The Balaban J connectivity index is 1.90. The number of carbonyl (C=O) groups is 1. The first-order chi connectivity index (χ1) is 7.72. The minimum Gasteiger partial charge on any atom is -0.358 e. The molecule has 2 rings (SSSR count). The topological polar surface area (TPSA) is 44.4 Å². The molecule has 2 atom stereocenters. The van der Waals surface area contributed by atoms with Crippen molar-refractivity contribution in [2.24, 2.45) is 0 Å². The highest BCUT2D eigenvalue weighted by Crippen LogP contribution is 2.29. The van der Waals surface area contributed by atoms with Crippen LogP contribution in [0.3, 0.4) is 0 Å². The quantitative estimate of drug-likeness (QED) is 0.709. The molecule has 1 heterocycles. The minimum atomic E-state index is 0.0138. The van der Waals surface area contributed by atoms with E-state index in [0.717, 1.165) is 13.1 Å². The molecule has 0 bridgehead atoms. The zero-order valence-electron chi connectivity index (χ0n) is 10.3. The van der Waals surface area contributed by atoms with Crippen LogP contribution in [-0.2, 0) is 4.79 Å². The number of likely N-dealkylation sites (N-methyl/N-ethyl adjacent to an activating group) is 1. The van der Waals surface area contributed by atoms with Gasteiger partial charge in [0, 0.05) is 25.7 Å². The van der Waals surface area contributed by atoms with Crippen LogP contribution in [0.15, 0.2) is 0 Å². The molecule has 1 aliphatic carbocycles. The number of amides is 1. The molecule has 92 valence electrons. The summed E-state index contributed by atoms with van der Waals surface area (Å²) in [6, 6.07) is 1.25. The lowest BCUT2D eigenvalue weighted by Crippen LogP contribution is -2.49. The van der Waals surface area contributed by atoms with Crippen LogP contribution in [0.1, 0.15) is 32.6 Å². The maximum Gasteiger partial charge on any atom is 0.236 e. The fraction of sp³-hybridized carbons (Fsp3) is 0.917. The maximum atomic E-state index is 11.7. The lowest BCUT2D eigenvalue weighted by Gasteiger charge is -2.30. The van der Waals surface area contributed by atoms with Crippen molar-refractivity contribution in [1.29, 1.82) is 0 Å². The molecular weight excluding hydrogens is 202 g/mol. The van der Waals surface area contributed by atoms with Crippen LogP contribution in [0.2, 0.25) is 0 Å². The van der Waals surface area contributed by atoms with Gasteiger partial charge in [-0.2, -0.15) is 0 Å². The summed E-state index contributed by atoms with van der Waals surface area (Å²) in [5.74, 6) is 0.143. The average Bonchev–Trinajstić information content (AvgIpc) is 3.01. The summed E-state index contributed by atoms with van der Waals surface area (Å²) >= 11 is 0. The van der Waals surface area contributed by atoms with Gasteiger partial charge in [0.05, 0.1) is 6.04 Å². The molecule has 0 aromatic rings. The predicted molar refractivity (Wildman–Crippen MR) is 64.3 cm³/mol. The molecule has 4 nitrogen and oxygen atoms in total. The van der Waals surface area contributed by atoms with Gasteiger partial charge in [0.2, 0.25) is 5.91 Å². The van der Waals surface area contributed by atoms with Crippen molar-refractivity contribution in [2.45, 2.75) is 50.7 Å². The fourth-order valence-electron chi connectivity index (χ4n) is 2.56. The molecule has 2 unspecified atom stereocenters. The van der Waals surface area contributed by atoms with E-state index in [0.29, 0.717) is 12.1 Å². The Bertz CT molecular complexity index is 247. The fourth-order valence-corrected chi connectivity index (χ4v) is 2.56. The van der Waals surface area contributed by atoms with Crippen molar-refractivity contribution in [3.8, 4) is 0 Å². The first-order valence-corrected chi connectivity index (χ1v) is 6.43. The lowest BCUT2D eigenvalue weighted by molar-refractivity contribution is -0.125. The predicted octanol–water partition coefficient (Wildman–Crippen LogP) is 0.337. The molecule has 2 fully saturated rings. The minimum absolute atomic E-state index is 0.0138. The molecule has 1 aliphatic heterocycles. The van der Waals surface area contributed by atoms with Crippen LogP contribution in [-0.4, -0.2) is 49.1 Å². The highest BCUT2D eigenvalue weighted by Gasteiger charge is 2.36.